The number of halogens is 2. The van der Waals surface area contributed by atoms with Crippen molar-refractivity contribution in [2.75, 3.05) is 11.9 Å². The quantitative estimate of drug-likeness (QED) is 0.804. The molecule has 2 rings (SSSR count). The number of hydrogen-bond donors (Lipinski definition) is 1. The molecule has 22 heavy (non-hydrogen) atoms. The lowest BCUT2D eigenvalue weighted by Crippen LogP contribution is -2.21. The van der Waals surface area contributed by atoms with Gasteiger partial charge in [0.15, 0.2) is 6.61 Å². The first-order valence-electron chi connectivity index (χ1n) is 6.83. The molecule has 0 bridgehead atoms. The van der Waals surface area contributed by atoms with Crippen molar-refractivity contribution in [1.29, 1.82) is 0 Å². The Kier molecular flexibility index (Phi) is 5.48. The topological polar surface area (TPSA) is 38.3 Å². The number of rotatable bonds is 4. The number of carbonyl (C=O) groups is 1. The normalized spacial score (nSPS) is 10.4. The minimum absolute atomic E-state index is 0.0464. The van der Waals surface area contributed by atoms with Gasteiger partial charge in [0.05, 0.1) is 0 Å². The van der Waals surface area contributed by atoms with Gasteiger partial charge in [-0.15, -0.1) is 0 Å². The molecule has 3 nitrogen and oxygen atoms in total. The third kappa shape index (κ3) is 4.02. The Balaban J connectivity index is 2.03. The Hall–Kier alpha value is -1.52. The molecule has 0 spiro atoms. The van der Waals surface area contributed by atoms with Gasteiger partial charge in [-0.25, -0.2) is 0 Å². The highest BCUT2D eigenvalue weighted by Crippen LogP contribution is 2.27. The van der Waals surface area contributed by atoms with Crippen LogP contribution in [0.4, 0.5) is 5.69 Å². The Morgan fingerprint density at radius 2 is 1.86 bits per heavy atom. The molecule has 5 heteroatoms. The smallest absolute Gasteiger partial charge is 0.262 e. The van der Waals surface area contributed by atoms with E-state index in [1.165, 1.54) is 0 Å². The summed E-state index contributed by atoms with van der Waals surface area (Å²) in [6, 6.07) is 9.32. The second-order valence-corrected chi connectivity index (χ2v) is 6.44. The van der Waals surface area contributed by atoms with Gasteiger partial charge in [0.1, 0.15) is 5.75 Å². The van der Waals surface area contributed by atoms with Crippen LogP contribution in [-0.2, 0) is 4.79 Å². The van der Waals surface area contributed by atoms with Crippen molar-refractivity contribution in [3.63, 3.8) is 0 Å². The number of ether oxygens (including phenoxy) is 1. The van der Waals surface area contributed by atoms with Gasteiger partial charge in [-0.05, 0) is 61.7 Å². The van der Waals surface area contributed by atoms with E-state index in [0.717, 1.165) is 26.9 Å². The zero-order valence-electron chi connectivity index (χ0n) is 12.7. The lowest BCUT2D eigenvalue weighted by Gasteiger charge is -2.13. The maximum atomic E-state index is 12.1. The molecule has 0 radical (unpaired) electrons. The molecule has 2 aromatic rings. The molecular formula is C17H17BrClNO2. The molecule has 0 saturated carbocycles. The molecule has 1 N–H and O–H groups in total. The Morgan fingerprint density at radius 1 is 1.23 bits per heavy atom. The zero-order chi connectivity index (χ0) is 16.3. The van der Waals surface area contributed by atoms with E-state index >= 15 is 0 Å². The maximum absolute atomic E-state index is 12.1. The van der Waals surface area contributed by atoms with Gasteiger partial charge in [0.25, 0.3) is 5.91 Å². The third-order valence-electron chi connectivity index (χ3n) is 3.31. The van der Waals surface area contributed by atoms with Gasteiger partial charge in [0, 0.05) is 15.2 Å². The monoisotopic (exact) mass is 381 g/mol. The van der Waals surface area contributed by atoms with Crippen LogP contribution in [0.2, 0.25) is 5.02 Å². The Bertz CT molecular complexity index is 693. The van der Waals surface area contributed by atoms with Crippen LogP contribution in [-0.4, -0.2) is 12.5 Å². The van der Waals surface area contributed by atoms with Crippen LogP contribution >= 0.6 is 27.5 Å². The summed E-state index contributed by atoms with van der Waals surface area (Å²) in [6.07, 6.45) is 0. The van der Waals surface area contributed by atoms with Crippen LogP contribution < -0.4 is 10.1 Å². The zero-order valence-corrected chi connectivity index (χ0v) is 15.0. The predicted octanol–water partition coefficient (Wildman–Crippen LogP) is 5.05. The summed E-state index contributed by atoms with van der Waals surface area (Å²) in [4.78, 5) is 12.1. The molecule has 0 aromatic heterocycles. The molecule has 0 unspecified atom stereocenters. The minimum Gasteiger partial charge on any atom is -0.483 e. The molecular weight excluding hydrogens is 366 g/mol. The molecule has 0 aliphatic rings. The highest BCUT2D eigenvalue weighted by Gasteiger charge is 2.10. The summed E-state index contributed by atoms with van der Waals surface area (Å²) in [5, 5.41) is 3.44. The minimum atomic E-state index is -0.216. The van der Waals surface area contributed by atoms with Crippen molar-refractivity contribution in [2.24, 2.45) is 0 Å². The number of hydrogen-bond acceptors (Lipinski definition) is 2. The summed E-state index contributed by atoms with van der Waals surface area (Å²) in [5.74, 6) is 0.522. The lowest BCUT2D eigenvalue weighted by atomic mass is 10.1. The van der Waals surface area contributed by atoms with Crippen LogP contribution in [0.15, 0.2) is 34.8 Å². The van der Waals surface area contributed by atoms with E-state index in [-0.39, 0.29) is 12.5 Å². The maximum Gasteiger partial charge on any atom is 0.262 e. The Labute approximate surface area is 143 Å². The summed E-state index contributed by atoms with van der Waals surface area (Å²) >= 11 is 9.48. The predicted molar refractivity (Wildman–Crippen MR) is 93.9 cm³/mol. The van der Waals surface area contributed by atoms with Gasteiger partial charge in [-0.2, -0.15) is 0 Å². The van der Waals surface area contributed by atoms with E-state index in [4.69, 9.17) is 16.3 Å². The van der Waals surface area contributed by atoms with Gasteiger partial charge >= 0.3 is 0 Å². The second-order valence-electron chi connectivity index (χ2n) is 5.12. The number of carbonyl (C=O) groups excluding carboxylic acids is 1. The number of nitrogens with one attached hydrogen (secondary N) is 1. The van der Waals surface area contributed by atoms with Crippen molar-refractivity contribution >= 4 is 39.1 Å². The van der Waals surface area contributed by atoms with Crippen molar-refractivity contribution in [2.45, 2.75) is 20.8 Å². The summed E-state index contributed by atoms with van der Waals surface area (Å²) < 4.78 is 6.66. The summed E-state index contributed by atoms with van der Waals surface area (Å²) in [6.45, 7) is 5.72. The first-order valence-corrected chi connectivity index (χ1v) is 8.00. The number of amides is 1. The highest BCUT2D eigenvalue weighted by molar-refractivity contribution is 9.10. The fraction of sp³-hybridized carbons (Fsp3) is 0.235. The lowest BCUT2D eigenvalue weighted by molar-refractivity contribution is -0.118. The van der Waals surface area contributed by atoms with Crippen molar-refractivity contribution in [3.8, 4) is 5.75 Å². The van der Waals surface area contributed by atoms with Gasteiger partial charge in [-0.1, -0.05) is 33.6 Å². The fourth-order valence-corrected chi connectivity index (χ4v) is 3.05. The average molecular weight is 383 g/mol. The third-order valence-corrected chi connectivity index (χ3v) is 4.18. The number of anilines is 1. The van der Waals surface area contributed by atoms with Crippen LogP contribution in [0.25, 0.3) is 0 Å². The first-order chi connectivity index (χ1) is 10.4. The van der Waals surface area contributed by atoms with Gasteiger partial charge in [-0.3, -0.25) is 4.79 Å². The van der Waals surface area contributed by atoms with E-state index in [0.29, 0.717) is 10.7 Å². The van der Waals surface area contributed by atoms with E-state index in [9.17, 15) is 4.79 Å². The summed E-state index contributed by atoms with van der Waals surface area (Å²) in [5.41, 5.74) is 3.51. The summed E-state index contributed by atoms with van der Waals surface area (Å²) in [7, 11) is 0. The number of benzene rings is 2. The molecule has 0 saturated heterocycles. The molecule has 0 aliphatic carbocycles. The molecule has 0 heterocycles. The number of aryl methyl sites for hydroxylation is 2. The van der Waals surface area contributed by atoms with Crippen molar-refractivity contribution in [3.05, 3.63) is 56.5 Å². The second kappa shape index (κ2) is 7.16. The average Bonchev–Trinajstić information content (AvgIpc) is 2.42. The van der Waals surface area contributed by atoms with E-state index in [1.807, 2.05) is 39.0 Å². The molecule has 116 valence electrons. The fourth-order valence-electron chi connectivity index (χ4n) is 2.19. The first kappa shape index (κ1) is 16.8. The Morgan fingerprint density at radius 3 is 2.50 bits per heavy atom. The van der Waals surface area contributed by atoms with E-state index in [1.54, 1.807) is 12.1 Å². The van der Waals surface area contributed by atoms with Gasteiger partial charge in [0.2, 0.25) is 0 Å². The molecule has 0 atom stereocenters. The largest absolute Gasteiger partial charge is 0.483 e. The van der Waals surface area contributed by atoms with Crippen LogP contribution in [0, 0.1) is 20.8 Å². The molecule has 1 amide bonds. The van der Waals surface area contributed by atoms with E-state index < -0.39 is 0 Å². The molecule has 2 aromatic carbocycles. The van der Waals surface area contributed by atoms with Crippen LogP contribution in [0.1, 0.15) is 16.7 Å². The van der Waals surface area contributed by atoms with E-state index in [2.05, 4.69) is 21.2 Å². The van der Waals surface area contributed by atoms with Crippen molar-refractivity contribution < 1.29 is 9.53 Å². The van der Waals surface area contributed by atoms with Crippen LogP contribution in [0.3, 0.4) is 0 Å². The molecule has 0 aliphatic heterocycles. The van der Waals surface area contributed by atoms with Gasteiger partial charge < -0.3 is 10.1 Å². The van der Waals surface area contributed by atoms with Crippen molar-refractivity contribution in [1.82, 2.24) is 0 Å². The SMILES string of the molecule is Cc1cc(Br)cc(C)c1OCC(=O)Nc1cccc(Cl)c1C. The molecule has 0 fully saturated rings. The highest BCUT2D eigenvalue weighted by atomic mass is 79.9. The standard InChI is InChI=1S/C17H17BrClNO2/c1-10-7-13(18)8-11(2)17(10)22-9-16(21)20-15-6-4-5-14(19)12(15)3/h4-8H,9H2,1-3H3,(H,20,21). The van der Waals surface area contributed by atoms with Crippen LogP contribution in [0.5, 0.6) is 5.75 Å².